The summed E-state index contributed by atoms with van der Waals surface area (Å²) in [5.41, 5.74) is 0. The van der Waals surface area contributed by atoms with Crippen LogP contribution in [0.15, 0.2) is 0 Å². The van der Waals surface area contributed by atoms with Gasteiger partial charge in [-0.05, 0) is 6.92 Å². The van der Waals surface area contributed by atoms with E-state index in [4.69, 9.17) is 33.5 Å². The molecule has 0 aliphatic heterocycles. The van der Waals surface area contributed by atoms with Gasteiger partial charge in [-0.3, -0.25) is 24.0 Å². The van der Waals surface area contributed by atoms with Crippen molar-refractivity contribution in [1.29, 1.82) is 0 Å². The van der Waals surface area contributed by atoms with Crippen molar-refractivity contribution in [3.8, 4) is 0 Å². The summed E-state index contributed by atoms with van der Waals surface area (Å²) in [5, 5.41) is 8.35. The highest BCUT2D eigenvalue weighted by atomic mass is 16.6. The Morgan fingerprint density at radius 3 is 1.14 bits per heavy atom. The second-order valence-corrected chi connectivity index (χ2v) is 6.91. The number of carboxylic acid groups (broad SMARTS) is 1. The van der Waals surface area contributed by atoms with E-state index in [1.807, 2.05) is 0 Å². The van der Waals surface area contributed by atoms with Crippen LogP contribution in [0.2, 0.25) is 0 Å². The standard InChI is InChI=1S/C13H20O8.C10H18O5/c1-10(14)2-4-12(17)20-8-6-19-7-9-21-13(18)5-3-11(15)16;1-3-9(11)14-7-5-13-6-8-15-10(12)4-2/h2-9H2,1H3,(H,15,16);3-8H2,1-2H3. The van der Waals surface area contributed by atoms with E-state index in [-0.39, 0.29) is 83.0 Å². The number of aliphatic carboxylic acids is 1. The summed E-state index contributed by atoms with van der Waals surface area (Å²) in [6, 6.07) is 0. The third-order valence-electron chi connectivity index (χ3n) is 3.76. The zero-order chi connectivity index (χ0) is 27.6. The predicted octanol–water partition coefficient (Wildman–Crippen LogP) is 1.23. The summed E-state index contributed by atoms with van der Waals surface area (Å²) < 4.78 is 29.2. The number of rotatable bonds is 20. The molecule has 0 aliphatic carbocycles. The van der Waals surface area contributed by atoms with E-state index in [9.17, 15) is 28.8 Å². The lowest BCUT2D eigenvalue weighted by molar-refractivity contribution is -0.149. The zero-order valence-corrected chi connectivity index (χ0v) is 21.2. The number of Topliss-reactive ketones (excluding diaryl/α,β-unsaturated/α-hetero) is 1. The van der Waals surface area contributed by atoms with Gasteiger partial charge >= 0.3 is 29.8 Å². The number of carboxylic acids is 1. The normalized spacial score (nSPS) is 9.86. The molecule has 0 bridgehead atoms. The molecule has 0 amide bonds. The molecule has 0 saturated heterocycles. The van der Waals surface area contributed by atoms with Gasteiger partial charge in [0, 0.05) is 19.3 Å². The van der Waals surface area contributed by atoms with Crippen molar-refractivity contribution in [2.24, 2.45) is 0 Å². The molecule has 0 radical (unpaired) electrons. The van der Waals surface area contributed by atoms with Gasteiger partial charge in [0.05, 0.1) is 45.7 Å². The lowest BCUT2D eigenvalue weighted by Crippen LogP contribution is -2.15. The smallest absolute Gasteiger partial charge is 0.306 e. The first-order valence-electron chi connectivity index (χ1n) is 11.6. The van der Waals surface area contributed by atoms with Gasteiger partial charge in [0.25, 0.3) is 0 Å². The molecule has 0 atom stereocenters. The average molecular weight is 523 g/mol. The summed E-state index contributed by atoms with van der Waals surface area (Å²) in [7, 11) is 0. The van der Waals surface area contributed by atoms with Gasteiger partial charge in [0.1, 0.15) is 32.2 Å². The molecule has 1 N–H and O–H groups in total. The van der Waals surface area contributed by atoms with Crippen LogP contribution in [0.5, 0.6) is 0 Å². The maximum absolute atomic E-state index is 11.1. The minimum Gasteiger partial charge on any atom is -0.481 e. The van der Waals surface area contributed by atoms with Crippen molar-refractivity contribution < 1.29 is 62.3 Å². The Balaban J connectivity index is 0. The highest BCUT2D eigenvalue weighted by molar-refractivity contribution is 5.81. The third kappa shape index (κ3) is 29.0. The Bertz CT molecular complexity index is 606. The van der Waals surface area contributed by atoms with Crippen LogP contribution in [0.1, 0.15) is 59.3 Å². The number of hydrogen-bond donors (Lipinski definition) is 1. The van der Waals surface area contributed by atoms with Crippen LogP contribution in [-0.2, 0) is 57.2 Å². The van der Waals surface area contributed by atoms with Crippen molar-refractivity contribution in [2.45, 2.75) is 59.3 Å². The van der Waals surface area contributed by atoms with Crippen LogP contribution < -0.4 is 0 Å². The molecular weight excluding hydrogens is 484 g/mol. The SMILES string of the molecule is CC(=O)CCC(=O)OCCOCCOC(=O)CCC(=O)O.CCC(=O)OCCOCCOC(=O)CC. The van der Waals surface area contributed by atoms with Crippen LogP contribution >= 0.6 is 0 Å². The van der Waals surface area contributed by atoms with Crippen molar-refractivity contribution in [2.75, 3.05) is 52.9 Å². The summed E-state index contributed by atoms with van der Waals surface area (Å²) in [5.74, 6) is -2.68. The number of ketones is 1. The lowest BCUT2D eigenvalue weighted by Gasteiger charge is -2.06. The molecule has 0 heterocycles. The van der Waals surface area contributed by atoms with E-state index >= 15 is 0 Å². The summed E-state index contributed by atoms with van der Waals surface area (Å²) >= 11 is 0. The number of carbonyl (C=O) groups excluding carboxylic acids is 5. The number of carbonyl (C=O) groups is 6. The molecule has 13 nitrogen and oxygen atoms in total. The fraction of sp³-hybridized carbons (Fsp3) is 0.739. The van der Waals surface area contributed by atoms with Gasteiger partial charge in [-0.2, -0.15) is 0 Å². The van der Waals surface area contributed by atoms with Crippen LogP contribution in [-0.4, -0.2) is 93.6 Å². The maximum Gasteiger partial charge on any atom is 0.306 e. The largest absolute Gasteiger partial charge is 0.481 e. The molecule has 36 heavy (non-hydrogen) atoms. The van der Waals surface area contributed by atoms with Crippen LogP contribution in [0.3, 0.4) is 0 Å². The predicted molar refractivity (Wildman–Crippen MR) is 123 cm³/mol. The van der Waals surface area contributed by atoms with Crippen LogP contribution in [0, 0.1) is 0 Å². The third-order valence-corrected chi connectivity index (χ3v) is 3.76. The Labute approximate surface area is 210 Å². The Hall–Kier alpha value is -3.06. The van der Waals surface area contributed by atoms with Gasteiger partial charge in [-0.25, -0.2) is 0 Å². The van der Waals surface area contributed by atoms with E-state index in [2.05, 4.69) is 0 Å². The van der Waals surface area contributed by atoms with Crippen molar-refractivity contribution >= 4 is 35.6 Å². The molecular formula is C23H38O13. The molecule has 0 saturated carbocycles. The number of ether oxygens (including phenoxy) is 6. The van der Waals surface area contributed by atoms with Crippen LogP contribution in [0.4, 0.5) is 0 Å². The fourth-order valence-electron chi connectivity index (χ4n) is 1.90. The Morgan fingerprint density at radius 2 is 0.833 bits per heavy atom. The molecule has 0 aromatic heterocycles. The molecule has 0 spiro atoms. The summed E-state index contributed by atoms with van der Waals surface area (Å²) in [4.78, 5) is 64.3. The summed E-state index contributed by atoms with van der Waals surface area (Å²) in [6.07, 6.45) is 0.504. The molecule has 208 valence electrons. The van der Waals surface area contributed by atoms with Gasteiger partial charge in [-0.15, -0.1) is 0 Å². The molecule has 0 aromatic carbocycles. The van der Waals surface area contributed by atoms with Crippen LogP contribution in [0.25, 0.3) is 0 Å². The minimum absolute atomic E-state index is 0.0107. The molecule has 0 aliphatic rings. The maximum atomic E-state index is 11.1. The fourth-order valence-corrected chi connectivity index (χ4v) is 1.90. The van der Waals surface area contributed by atoms with E-state index in [0.717, 1.165) is 0 Å². The van der Waals surface area contributed by atoms with Gasteiger partial charge in [0.15, 0.2) is 0 Å². The lowest BCUT2D eigenvalue weighted by atomic mass is 10.2. The van der Waals surface area contributed by atoms with Crippen molar-refractivity contribution in [1.82, 2.24) is 0 Å². The first kappa shape index (κ1) is 35.1. The van der Waals surface area contributed by atoms with Gasteiger partial charge in [0.2, 0.25) is 0 Å². The van der Waals surface area contributed by atoms with E-state index in [1.165, 1.54) is 6.92 Å². The first-order chi connectivity index (χ1) is 17.1. The second kappa shape index (κ2) is 25.0. The summed E-state index contributed by atoms with van der Waals surface area (Å²) in [6.45, 7) is 6.35. The van der Waals surface area contributed by atoms with E-state index < -0.39 is 17.9 Å². The monoisotopic (exact) mass is 522 g/mol. The molecule has 0 aromatic rings. The van der Waals surface area contributed by atoms with E-state index in [0.29, 0.717) is 26.1 Å². The molecule has 0 rings (SSSR count). The Morgan fingerprint density at radius 1 is 0.500 bits per heavy atom. The quantitative estimate of drug-likeness (QED) is 0.137. The van der Waals surface area contributed by atoms with E-state index in [1.54, 1.807) is 13.8 Å². The number of esters is 4. The topological polar surface area (TPSA) is 178 Å². The molecule has 0 unspecified atom stereocenters. The van der Waals surface area contributed by atoms with Gasteiger partial charge in [-0.1, -0.05) is 13.8 Å². The molecule has 13 heteroatoms. The van der Waals surface area contributed by atoms with Crippen molar-refractivity contribution in [3.05, 3.63) is 0 Å². The van der Waals surface area contributed by atoms with Crippen molar-refractivity contribution in [3.63, 3.8) is 0 Å². The highest BCUT2D eigenvalue weighted by Crippen LogP contribution is 1.95. The minimum atomic E-state index is -1.06. The molecule has 0 fully saturated rings. The second-order valence-electron chi connectivity index (χ2n) is 6.91. The van der Waals surface area contributed by atoms with Gasteiger partial charge < -0.3 is 38.3 Å². The number of hydrogen-bond acceptors (Lipinski definition) is 12. The first-order valence-corrected chi connectivity index (χ1v) is 11.6. The average Bonchev–Trinajstić information content (AvgIpc) is 2.84. The Kier molecular flexibility index (Phi) is 24.4. The zero-order valence-electron chi connectivity index (χ0n) is 21.2. The highest BCUT2D eigenvalue weighted by Gasteiger charge is 2.07.